The fourth-order valence-corrected chi connectivity index (χ4v) is 2.90. The van der Waals surface area contributed by atoms with Crippen LogP contribution in [0.25, 0.3) is 22.0 Å². The third kappa shape index (κ3) is 1.96. The fraction of sp³-hybridized carbons (Fsp3) is 0.167. The Morgan fingerprint density at radius 1 is 1.23 bits per heavy atom. The normalized spacial score (nSPS) is 10.9. The predicted octanol–water partition coefficient (Wildman–Crippen LogP) is 3.68. The molecule has 0 spiro atoms. The second-order valence-electron chi connectivity index (χ2n) is 5.27. The molecule has 0 saturated heterocycles. The Kier molecular flexibility index (Phi) is 3.37. The van der Waals surface area contributed by atoms with Gasteiger partial charge in [0, 0.05) is 29.2 Å². The van der Waals surface area contributed by atoms with E-state index in [1.807, 2.05) is 26.1 Å². The van der Waals surface area contributed by atoms with E-state index in [1.165, 1.54) is 7.11 Å². The molecule has 3 aromatic rings. The van der Waals surface area contributed by atoms with Crippen LogP contribution in [0.2, 0.25) is 0 Å². The van der Waals surface area contributed by atoms with E-state index in [0.717, 1.165) is 27.7 Å². The predicted molar refractivity (Wildman–Crippen MR) is 86.7 cm³/mol. The fourth-order valence-electron chi connectivity index (χ4n) is 2.90. The monoisotopic (exact) mass is 295 g/mol. The molecule has 1 N–H and O–H groups in total. The highest BCUT2D eigenvalue weighted by atomic mass is 16.5. The number of phenolic OH excluding ortho intramolecular Hbond substituents is 1. The smallest absolute Gasteiger partial charge is 0.168 e. The van der Waals surface area contributed by atoms with Crippen molar-refractivity contribution in [2.24, 2.45) is 7.05 Å². The van der Waals surface area contributed by atoms with Crippen molar-refractivity contribution >= 4 is 17.2 Å². The number of methoxy groups -OCH3 is 1. The van der Waals surface area contributed by atoms with E-state index >= 15 is 0 Å². The molecule has 1 heterocycles. The van der Waals surface area contributed by atoms with Crippen molar-refractivity contribution in [3.8, 4) is 22.6 Å². The number of hydrogen-bond acceptors (Lipinski definition) is 3. The lowest BCUT2D eigenvalue weighted by Gasteiger charge is -2.10. The number of fused-ring (bicyclic) bond motifs is 1. The average molecular weight is 295 g/mol. The van der Waals surface area contributed by atoms with Gasteiger partial charge in [0.15, 0.2) is 17.8 Å². The van der Waals surface area contributed by atoms with Gasteiger partial charge in [-0.1, -0.05) is 18.2 Å². The number of para-hydroxylation sites is 1. The summed E-state index contributed by atoms with van der Waals surface area (Å²) in [5.41, 5.74) is 4.33. The van der Waals surface area contributed by atoms with Crippen LogP contribution in [0.3, 0.4) is 0 Å². The molecular weight excluding hydrogens is 278 g/mol. The molecule has 112 valence electrons. The van der Waals surface area contributed by atoms with Crippen molar-refractivity contribution in [1.29, 1.82) is 0 Å². The molecule has 0 saturated carbocycles. The number of aryl methyl sites for hydroxylation is 1. The molecule has 22 heavy (non-hydrogen) atoms. The van der Waals surface area contributed by atoms with Crippen LogP contribution < -0.4 is 4.74 Å². The number of rotatable bonds is 3. The number of ether oxygens (including phenoxy) is 1. The maximum Gasteiger partial charge on any atom is 0.168 e. The molecule has 3 rings (SSSR count). The molecule has 0 bridgehead atoms. The van der Waals surface area contributed by atoms with E-state index in [9.17, 15) is 9.90 Å². The van der Waals surface area contributed by atoms with Gasteiger partial charge in [-0.2, -0.15) is 0 Å². The lowest BCUT2D eigenvalue weighted by Crippen LogP contribution is -1.93. The van der Waals surface area contributed by atoms with Crippen molar-refractivity contribution < 1.29 is 14.6 Å². The molecule has 0 atom stereocenters. The zero-order valence-corrected chi connectivity index (χ0v) is 12.8. The minimum absolute atomic E-state index is 0.126. The Morgan fingerprint density at radius 3 is 2.64 bits per heavy atom. The van der Waals surface area contributed by atoms with E-state index in [0.29, 0.717) is 12.0 Å². The minimum atomic E-state index is -0.126. The number of nitrogens with zero attached hydrogens (tertiary/aromatic N) is 1. The van der Waals surface area contributed by atoms with Gasteiger partial charge in [0.05, 0.1) is 12.7 Å². The van der Waals surface area contributed by atoms with Crippen LogP contribution in [0.15, 0.2) is 36.4 Å². The largest absolute Gasteiger partial charge is 0.504 e. The Hall–Kier alpha value is -2.75. The van der Waals surface area contributed by atoms with Crippen LogP contribution in [0.1, 0.15) is 16.1 Å². The molecule has 0 radical (unpaired) electrons. The standard InChI is InChI=1S/C18H17NO3/c1-11-17(14-6-4-5-7-15(14)19(11)2)12-8-13(10-20)18(21)16(9-12)22-3/h4-10,21H,1-3H3. The van der Waals surface area contributed by atoms with Crippen LogP contribution in [0.5, 0.6) is 11.5 Å². The molecule has 4 nitrogen and oxygen atoms in total. The summed E-state index contributed by atoms with van der Waals surface area (Å²) in [6.07, 6.45) is 0.641. The lowest BCUT2D eigenvalue weighted by molar-refractivity contribution is 0.112. The minimum Gasteiger partial charge on any atom is -0.504 e. The van der Waals surface area contributed by atoms with Crippen LogP contribution in [-0.2, 0) is 7.05 Å². The van der Waals surface area contributed by atoms with Crippen molar-refractivity contribution in [3.63, 3.8) is 0 Å². The number of aromatic hydroxyl groups is 1. The van der Waals surface area contributed by atoms with E-state index in [2.05, 4.69) is 16.7 Å². The summed E-state index contributed by atoms with van der Waals surface area (Å²) >= 11 is 0. The number of hydrogen-bond donors (Lipinski definition) is 1. The van der Waals surface area contributed by atoms with E-state index < -0.39 is 0 Å². The highest BCUT2D eigenvalue weighted by Gasteiger charge is 2.17. The van der Waals surface area contributed by atoms with E-state index in [4.69, 9.17) is 4.74 Å². The van der Waals surface area contributed by atoms with Gasteiger partial charge in [0.25, 0.3) is 0 Å². The first-order valence-corrected chi connectivity index (χ1v) is 6.99. The van der Waals surface area contributed by atoms with Gasteiger partial charge in [-0.05, 0) is 30.7 Å². The first-order valence-electron chi connectivity index (χ1n) is 6.99. The van der Waals surface area contributed by atoms with Crippen LogP contribution >= 0.6 is 0 Å². The molecule has 4 heteroatoms. The molecule has 0 unspecified atom stereocenters. The Morgan fingerprint density at radius 2 is 1.95 bits per heavy atom. The summed E-state index contributed by atoms with van der Waals surface area (Å²) in [6, 6.07) is 11.6. The lowest BCUT2D eigenvalue weighted by atomic mass is 9.99. The molecule has 2 aromatic carbocycles. The number of aromatic nitrogens is 1. The molecule has 0 aliphatic carbocycles. The van der Waals surface area contributed by atoms with Crippen LogP contribution in [0.4, 0.5) is 0 Å². The Balaban J connectivity index is 2.37. The number of carbonyl (C=O) groups is 1. The Labute approximate surface area is 128 Å². The highest BCUT2D eigenvalue weighted by Crippen LogP contribution is 2.39. The van der Waals surface area contributed by atoms with Crippen molar-refractivity contribution in [3.05, 3.63) is 47.7 Å². The number of aldehydes is 1. The topological polar surface area (TPSA) is 51.5 Å². The third-order valence-electron chi connectivity index (χ3n) is 4.14. The van der Waals surface area contributed by atoms with Gasteiger partial charge in [0.1, 0.15) is 0 Å². The molecule has 1 aromatic heterocycles. The first-order chi connectivity index (χ1) is 10.6. The zero-order valence-electron chi connectivity index (χ0n) is 12.8. The van der Waals surface area contributed by atoms with E-state index in [1.54, 1.807) is 12.1 Å². The highest BCUT2D eigenvalue weighted by molar-refractivity contribution is 5.99. The van der Waals surface area contributed by atoms with Crippen LogP contribution in [0, 0.1) is 6.92 Å². The number of phenols is 1. The maximum absolute atomic E-state index is 11.2. The molecular formula is C18H17NO3. The van der Waals surface area contributed by atoms with E-state index in [-0.39, 0.29) is 11.3 Å². The third-order valence-corrected chi connectivity index (χ3v) is 4.14. The first kappa shape index (κ1) is 14.2. The second kappa shape index (κ2) is 5.22. The average Bonchev–Trinajstić information content (AvgIpc) is 2.80. The summed E-state index contributed by atoms with van der Waals surface area (Å²) in [4.78, 5) is 11.2. The summed E-state index contributed by atoms with van der Waals surface area (Å²) in [7, 11) is 3.49. The molecule has 0 fully saturated rings. The molecule has 0 aliphatic rings. The molecule has 0 amide bonds. The van der Waals surface area contributed by atoms with Crippen molar-refractivity contribution in [2.75, 3.05) is 7.11 Å². The number of carbonyl (C=O) groups excluding carboxylic acids is 1. The quantitative estimate of drug-likeness (QED) is 0.750. The zero-order chi connectivity index (χ0) is 15.9. The van der Waals surface area contributed by atoms with Crippen molar-refractivity contribution in [2.45, 2.75) is 6.92 Å². The summed E-state index contributed by atoms with van der Waals surface area (Å²) in [5, 5.41) is 11.1. The summed E-state index contributed by atoms with van der Waals surface area (Å²) in [6.45, 7) is 2.04. The van der Waals surface area contributed by atoms with Gasteiger partial charge in [-0.15, -0.1) is 0 Å². The van der Waals surface area contributed by atoms with Gasteiger partial charge >= 0.3 is 0 Å². The van der Waals surface area contributed by atoms with Crippen molar-refractivity contribution in [1.82, 2.24) is 4.57 Å². The SMILES string of the molecule is COc1cc(-c2c(C)n(C)c3ccccc23)cc(C=O)c1O. The summed E-state index contributed by atoms with van der Waals surface area (Å²) in [5.74, 6) is 0.172. The second-order valence-corrected chi connectivity index (χ2v) is 5.27. The number of benzene rings is 2. The molecule has 0 aliphatic heterocycles. The van der Waals surface area contributed by atoms with Gasteiger partial charge in [-0.3, -0.25) is 4.79 Å². The van der Waals surface area contributed by atoms with Gasteiger partial charge < -0.3 is 14.4 Å². The maximum atomic E-state index is 11.2. The Bertz CT molecular complexity index is 878. The van der Waals surface area contributed by atoms with Crippen LogP contribution in [-0.4, -0.2) is 23.1 Å². The van der Waals surface area contributed by atoms with Gasteiger partial charge in [0.2, 0.25) is 0 Å². The summed E-state index contributed by atoms with van der Waals surface area (Å²) < 4.78 is 7.31. The van der Waals surface area contributed by atoms with Gasteiger partial charge in [-0.25, -0.2) is 0 Å².